The predicted molar refractivity (Wildman–Crippen MR) is 111 cm³/mol. The van der Waals surface area contributed by atoms with Crippen molar-refractivity contribution in [3.63, 3.8) is 0 Å². The van der Waals surface area contributed by atoms with E-state index in [1.165, 1.54) is 11.8 Å². The second-order valence-electron chi connectivity index (χ2n) is 7.48. The van der Waals surface area contributed by atoms with Crippen molar-refractivity contribution in [3.8, 4) is 11.8 Å². The maximum absolute atomic E-state index is 12.6. The molecule has 2 amide bonds. The van der Waals surface area contributed by atoms with Crippen LogP contribution in [-0.4, -0.2) is 27.3 Å². The second-order valence-corrected chi connectivity index (χ2v) is 7.48. The van der Waals surface area contributed by atoms with Crippen LogP contribution in [0.25, 0.3) is 0 Å². The van der Waals surface area contributed by atoms with Crippen LogP contribution in [0.2, 0.25) is 0 Å². The van der Waals surface area contributed by atoms with Crippen molar-refractivity contribution >= 4 is 11.8 Å². The van der Waals surface area contributed by atoms with E-state index in [-0.39, 0.29) is 5.91 Å². The molecule has 0 bridgehead atoms. The number of aryl methyl sites for hydroxylation is 1. The average molecular weight is 390 g/mol. The number of primary amides is 1. The van der Waals surface area contributed by atoms with Gasteiger partial charge in [-0.15, -0.1) is 0 Å². The van der Waals surface area contributed by atoms with Gasteiger partial charge in [-0.25, -0.2) is 0 Å². The van der Waals surface area contributed by atoms with Crippen molar-refractivity contribution in [1.29, 1.82) is 0 Å². The molecule has 0 spiro atoms. The predicted octanol–water partition coefficient (Wildman–Crippen LogP) is 2.77. The van der Waals surface area contributed by atoms with Gasteiger partial charge in [-0.2, -0.15) is 0 Å². The van der Waals surface area contributed by atoms with Crippen LogP contribution in [0.5, 0.6) is 0 Å². The second kappa shape index (κ2) is 9.83. The molecule has 1 aliphatic rings. The maximum atomic E-state index is 12.6. The topological polar surface area (TPSA) is 98.0 Å². The number of aromatic nitrogens is 2. The normalized spacial score (nSPS) is 15.0. The van der Waals surface area contributed by atoms with Crippen LogP contribution in [0.15, 0.2) is 43.0 Å². The first kappa shape index (κ1) is 20.5. The maximum Gasteiger partial charge on any atom is 0.250 e. The Morgan fingerprint density at radius 2 is 1.86 bits per heavy atom. The lowest BCUT2D eigenvalue weighted by molar-refractivity contribution is -0.122. The first-order valence-electron chi connectivity index (χ1n) is 10.0. The van der Waals surface area contributed by atoms with E-state index in [1.807, 2.05) is 12.1 Å². The van der Waals surface area contributed by atoms with Crippen LogP contribution >= 0.6 is 0 Å². The fraction of sp³-hybridized carbons (Fsp3) is 0.391. The smallest absolute Gasteiger partial charge is 0.250 e. The van der Waals surface area contributed by atoms with Gasteiger partial charge >= 0.3 is 0 Å². The highest BCUT2D eigenvalue weighted by molar-refractivity contribution is 5.92. The number of carbonyl (C=O) groups excluding carboxylic acids is 2. The molecule has 1 fully saturated rings. The van der Waals surface area contributed by atoms with Crippen LogP contribution in [0.1, 0.15) is 66.4 Å². The van der Waals surface area contributed by atoms with E-state index in [4.69, 9.17) is 5.73 Å². The van der Waals surface area contributed by atoms with Crippen LogP contribution < -0.4 is 11.1 Å². The number of rotatable bonds is 6. The van der Waals surface area contributed by atoms with Crippen LogP contribution in [-0.2, 0) is 11.2 Å². The van der Waals surface area contributed by atoms with Gasteiger partial charge in [-0.3, -0.25) is 19.6 Å². The molecule has 0 aromatic carbocycles. The summed E-state index contributed by atoms with van der Waals surface area (Å²) in [7, 11) is 0. The van der Waals surface area contributed by atoms with E-state index in [0.29, 0.717) is 17.5 Å². The number of hydrogen-bond acceptors (Lipinski definition) is 4. The zero-order chi connectivity index (χ0) is 20.5. The Morgan fingerprint density at radius 3 is 2.59 bits per heavy atom. The van der Waals surface area contributed by atoms with Gasteiger partial charge in [0.15, 0.2) is 0 Å². The third-order valence-electron chi connectivity index (χ3n) is 5.17. The number of nitrogens with zero attached hydrogens (tertiary/aromatic N) is 2. The summed E-state index contributed by atoms with van der Waals surface area (Å²) in [6.45, 7) is 0. The van der Waals surface area contributed by atoms with Crippen LogP contribution in [0.4, 0.5) is 0 Å². The summed E-state index contributed by atoms with van der Waals surface area (Å²) in [4.78, 5) is 32.0. The minimum absolute atomic E-state index is 0.0271. The van der Waals surface area contributed by atoms with Crippen molar-refractivity contribution in [2.45, 2.75) is 56.9 Å². The van der Waals surface area contributed by atoms with Gasteiger partial charge in [-0.05, 0) is 49.4 Å². The lowest BCUT2D eigenvalue weighted by atomic mass is 9.81. The molecule has 0 radical (unpaired) electrons. The molecule has 2 aromatic rings. The summed E-state index contributed by atoms with van der Waals surface area (Å²) >= 11 is 0. The highest BCUT2D eigenvalue weighted by atomic mass is 16.2. The largest absolute Gasteiger partial charge is 0.366 e. The van der Waals surface area contributed by atoms with Gasteiger partial charge in [0, 0.05) is 36.8 Å². The van der Waals surface area contributed by atoms with E-state index in [1.54, 1.807) is 24.7 Å². The molecule has 1 saturated carbocycles. The van der Waals surface area contributed by atoms with Crippen molar-refractivity contribution in [2.24, 2.45) is 5.73 Å². The molecule has 0 aliphatic heterocycles. The number of hydrogen-bond donors (Lipinski definition) is 2. The molecule has 0 unspecified atom stereocenters. The van der Waals surface area contributed by atoms with E-state index in [2.05, 4.69) is 27.1 Å². The van der Waals surface area contributed by atoms with Crippen LogP contribution in [0, 0.1) is 11.8 Å². The number of amides is 2. The SMILES string of the molecule is NC(=O)c1cncc(C#CC2(NC(=O)CCCc3ccncc3)CCCCC2)c1. The molecule has 0 saturated heterocycles. The number of carbonyl (C=O) groups is 2. The lowest BCUT2D eigenvalue weighted by Gasteiger charge is -2.33. The molecule has 6 nitrogen and oxygen atoms in total. The average Bonchev–Trinajstić information content (AvgIpc) is 2.74. The summed E-state index contributed by atoms with van der Waals surface area (Å²) in [6.07, 6.45) is 13.5. The Bertz CT molecular complexity index is 909. The summed E-state index contributed by atoms with van der Waals surface area (Å²) in [6, 6.07) is 5.58. The zero-order valence-corrected chi connectivity index (χ0v) is 16.5. The van der Waals surface area contributed by atoms with Crippen molar-refractivity contribution in [3.05, 3.63) is 59.7 Å². The molecule has 3 N–H and O–H groups in total. The van der Waals surface area contributed by atoms with Gasteiger partial charge in [0.2, 0.25) is 11.8 Å². The third-order valence-corrected chi connectivity index (χ3v) is 5.17. The Kier molecular flexibility index (Phi) is 6.96. The van der Waals surface area contributed by atoms with Crippen LogP contribution in [0.3, 0.4) is 0 Å². The fourth-order valence-corrected chi connectivity index (χ4v) is 3.60. The van der Waals surface area contributed by atoms with Gasteiger partial charge in [0.1, 0.15) is 5.54 Å². The van der Waals surface area contributed by atoms with Crippen molar-refractivity contribution in [1.82, 2.24) is 15.3 Å². The highest BCUT2D eigenvalue weighted by Crippen LogP contribution is 2.28. The molecule has 1 aliphatic carbocycles. The molecule has 0 atom stereocenters. The third kappa shape index (κ3) is 6.15. The Morgan fingerprint density at radius 1 is 1.10 bits per heavy atom. The first-order valence-corrected chi connectivity index (χ1v) is 10.0. The minimum Gasteiger partial charge on any atom is -0.366 e. The Hall–Kier alpha value is -3.20. The van der Waals surface area contributed by atoms with Gasteiger partial charge in [0.25, 0.3) is 0 Å². The fourth-order valence-electron chi connectivity index (χ4n) is 3.60. The van der Waals surface area contributed by atoms with Crippen molar-refractivity contribution in [2.75, 3.05) is 0 Å². The van der Waals surface area contributed by atoms with Crippen molar-refractivity contribution < 1.29 is 9.59 Å². The van der Waals surface area contributed by atoms with E-state index in [9.17, 15) is 9.59 Å². The Labute approximate surface area is 171 Å². The summed E-state index contributed by atoms with van der Waals surface area (Å²) < 4.78 is 0. The van der Waals surface area contributed by atoms with Gasteiger partial charge in [0.05, 0.1) is 5.56 Å². The van der Waals surface area contributed by atoms with Gasteiger partial charge < -0.3 is 11.1 Å². The highest BCUT2D eigenvalue weighted by Gasteiger charge is 2.31. The molecule has 2 aromatic heterocycles. The Balaban J connectivity index is 1.65. The molecule has 2 heterocycles. The quantitative estimate of drug-likeness (QED) is 0.741. The molecule has 6 heteroatoms. The molecule has 150 valence electrons. The summed E-state index contributed by atoms with van der Waals surface area (Å²) in [5.41, 5.74) is 6.93. The zero-order valence-electron chi connectivity index (χ0n) is 16.5. The standard InChI is InChI=1S/C23H26N4O2/c24-22(29)20-15-19(16-26-17-20)7-12-23(10-2-1-3-11-23)27-21(28)6-4-5-18-8-13-25-14-9-18/h8-9,13-17H,1-6,10-11H2,(H2,24,29)(H,27,28). The number of pyridine rings is 2. The number of nitrogens with one attached hydrogen (secondary N) is 1. The summed E-state index contributed by atoms with van der Waals surface area (Å²) in [5, 5.41) is 3.19. The van der Waals surface area contributed by atoms with Gasteiger partial charge in [-0.1, -0.05) is 31.1 Å². The monoisotopic (exact) mass is 390 g/mol. The van der Waals surface area contributed by atoms with E-state index < -0.39 is 11.4 Å². The first-order chi connectivity index (χ1) is 14.1. The summed E-state index contributed by atoms with van der Waals surface area (Å²) in [5.74, 6) is 5.87. The molecular weight excluding hydrogens is 364 g/mol. The molecular formula is C23H26N4O2. The van der Waals surface area contributed by atoms with E-state index in [0.717, 1.165) is 44.9 Å². The minimum atomic E-state index is -0.531. The molecule has 3 rings (SSSR count). The van der Waals surface area contributed by atoms with E-state index >= 15 is 0 Å². The number of nitrogens with two attached hydrogens (primary N) is 1. The lowest BCUT2D eigenvalue weighted by Crippen LogP contribution is -2.48. The molecule has 29 heavy (non-hydrogen) atoms.